The summed E-state index contributed by atoms with van der Waals surface area (Å²) in [5.41, 5.74) is 4.32. The smallest absolute Gasteiger partial charge is 0.460 e. The highest BCUT2D eigenvalue weighted by Crippen LogP contribution is 2.47. The van der Waals surface area contributed by atoms with Crippen LogP contribution in [0.25, 0.3) is 0 Å². The van der Waals surface area contributed by atoms with Crippen molar-refractivity contribution in [3.63, 3.8) is 0 Å². The molecule has 0 saturated carbocycles. The summed E-state index contributed by atoms with van der Waals surface area (Å²) >= 11 is 0. The standard InChI is InChI=1S/C10H7F7N2O2/c11-8(12,9(13,14)10(15,16)17)7(21)19-5-2-1-4(18)3-6(5)20/h1-3,20H,18H2,(H,19,21). The summed E-state index contributed by atoms with van der Waals surface area (Å²) in [5.74, 6) is -16.5. The highest BCUT2D eigenvalue weighted by molar-refractivity contribution is 5.98. The molecule has 4 N–H and O–H groups in total. The summed E-state index contributed by atoms with van der Waals surface area (Å²) in [6.45, 7) is 0. The van der Waals surface area contributed by atoms with E-state index in [2.05, 4.69) is 0 Å². The van der Waals surface area contributed by atoms with Crippen molar-refractivity contribution in [2.24, 2.45) is 0 Å². The molecule has 1 amide bonds. The summed E-state index contributed by atoms with van der Waals surface area (Å²) in [5, 5.41) is 10.3. The largest absolute Gasteiger partial charge is 0.506 e. The van der Waals surface area contributed by atoms with Crippen molar-refractivity contribution < 1.29 is 40.6 Å². The highest BCUT2D eigenvalue weighted by Gasteiger charge is 2.76. The molecular formula is C10H7F7N2O2. The fraction of sp³-hybridized carbons (Fsp3) is 0.300. The minimum Gasteiger partial charge on any atom is -0.506 e. The third-order valence-corrected chi connectivity index (χ3v) is 2.31. The van der Waals surface area contributed by atoms with Gasteiger partial charge in [0, 0.05) is 11.8 Å². The summed E-state index contributed by atoms with van der Waals surface area (Å²) in [7, 11) is 0. The first-order chi connectivity index (χ1) is 9.30. The molecule has 0 aliphatic carbocycles. The summed E-state index contributed by atoms with van der Waals surface area (Å²) < 4.78 is 86.9. The van der Waals surface area contributed by atoms with Crippen LogP contribution in [-0.2, 0) is 4.79 Å². The maximum Gasteiger partial charge on any atom is 0.460 e. The second-order valence-electron chi connectivity index (χ2n) is 3.88. The lowest BCUT2D eigenvalue weighted by Gasteiger charge is -2.27. The number of carbonyl (C=O) groups excluding carboxylic acids is 1. The molecule has 0 fully saturated rings. The van der Waals surface area contributed by atoms with E-state index in [0.29, 0.717) is 0 Å². The van der Waals surface area contributed by atoms with Crippen LogP contribution in [0.4, 0.5) is 42.1 Å². The van der Waals surface area contributed by atoms with E-state index < -0.39 is 35.4 Å². The molecule has 0 radical (unpaired) electrons. The van der Waals surface area contributed by atoms with Gasteiger partial charge < -0.3 is 16.2 Å². The van der Waals surface area contributed by atoms with E-state index in [0.717, 1.165) is 23.5 Å². The van der Waals surface area contributed by atoms with Gasteiger partial charge in [-0.3, -0.25) is 4.79 Å². The molecule has 4 nitrogen and oxygen atoms in total. The van der Waals surface area contributed by atoms with Crippen molar-refractivity contribution in [2.45, 2.75) is 18.0 Å². The Morgan fingerprint density at radius 3 is 2.05 bits per heavy atom. The molecule has 1 aromatic rings. The highest BCUT2D eigenvalue weighted by atomic mass is 19.4. The van der Waals surface area contributed by atoms with Gasteiger partial charge in [0.25, 0.3) is 0 Å². The van der Waals surface area contributed by atoms with Gasteiger partial charge in [-0.1, -0.05) is 0 Å². The number of phenolic OH excluding ortho intramolecular Hbond substituents is 1. The average Bonchev–Trinajstić information content (AvgIpc) is 2.30. The Hall–Kier alpha value is -2.20. The molecule has 0 bridgehead atoms. The summed E-state index contributed by atoms with van der Waals surface area (Å²) in [6, 6.07) is 2.52. The fourth-order valence-corrected chi connectivity index (χ4v) is 1.18. The molecule has 0 unspecified atom stereocenters. The molecule has 1 aromatic carbocycles. The number of halogens is 7. The zero-order valence-electron chi connectivity index (χ0n) is 9.81. The molecule has 0 aromatic heterocycles. The molecule has 118 valence electrons. The Kier molecular flexibility index (Phi) is 3.99. The Morgan fingerprint density at radius 2 is 1.62 bits per heavy atom. The van der Waals surface area contributed by atoms with Crippen LogP contribution in [0.3, 0.4) is 0 Å². The first kappa shape index (κ1) is 16.9. The van der Waals surface area contributed by atoms with E-state index in [9.17, 15) is 40.6 Å². The maximum atomic E-state index is 13.0. The third-order valence-electron chi connectivity index (χ3n) is 2.31. The molecule has 0 heterocycles. The SMILES string of the molecule is Nc1ccc(NC(=O)C(F)(F)C(F)(F)C(F)(F)F)c(O)c1. The molecule has 0 aliphatic rings. The van der Waals surface area contributed by atoms with Gasteiger partial charge in [-0.15, -0.1) is 0 Å². The van der Waals surface area contributed by atoms with Crippen molar-refractivity contribution in [1.82, 2.24) is 0 Å². The lowest BCUT2D eigenvalue weighted by atomic mass is 10.1. The second-order valence-corrected chi connectivity index (χ2v) is 3.88. The van der Waals surface area contributed by atoms with Gasteiger partial charge in [-0.05, 0) is 12.1 Å². The number of carbonyl (C=O) groups is 1. The molecule has 0 aliphatic heterocycles. The normalized spacial score (nSPS) is 13.1. The molecule has 21 heavy (non-hydrogen) atoms. The van der Waals surface area contributed by atoms with Gasteiger partial charge >= 0.3 is 23.9 Å². The number of amides is 1. The van der Waals surface area contributed by atoms with Gasteiger partial charge in [0.1, 0.15) is 5.75 Å². The fourth-order valence-electron chi connectivity index (χ4n) is 1.18. The Balaban J connectivity index is 3.07. The van der Waals surface area contributed by atoms with E-state index in [1.54, 1.807) is 0 Å². The predicted molar refractivity (Wildman–Crippen MR) is 57.1 cm³/mol. The number of aromatic hydroxyl groups is 1. The lowest BCUT2D eigenvalue weighted by Crippen LogP contribution is -2.57. The van der Waals surface area contributed by atoms with Gasteiger partial charge in [-0.25, -0.2) is 0 Å². The van der Waals surface area contributed by atoms with E-state index in [1.807, 2.05) is 0 Å². The monoisotopic (exact) mass is 320 g/mol. The number of rotatable bonds is 3. The number of hydrogen-bond acceptors (Lipinski definition) is 3. The third kappa shape index (κ3) is 2.95. The topological polar surface area (TPSA) is 75.3 Å². The van der Waals surface area contributed by atoms with Gasteiger partial charge in [0.2, 0.25) is 0 Å². The van der Waals surface area contributed by atoms with Crippen LogP contribution in [-0.4, -0.2) is 29.0 Å². The molecule has 0 spiro atoms. The molecule has 1 rings (SSSR count). The van der Waals surface area contributed by atoms with E-state index in [-0.39, 0.29) is 5.69 Å². The van der Waals surface area contributed by atoms with Crippen molar-refractivity contribution in [2.75, 3.05) is 11.1 Å². The first-order valence-electron chi connectivity index (χ1n) is 5.03. The Labute approximate surface area is 112 Å². The van der Waals surface area contributed by atoms with Crippen LogP contribution in [0.15, 0.2) is 18.2 Å². The van der Waals surface area contributed by atoms with Crippen LogP contribution in [0, 0.1) is 0 Å². The van der Waals surface area contributed by atoms with E-state index in [1.165, 1.54) is 0 Å². The minimum absolute atomic E-state index is 0.0575. The zero-order chi connectivity index (χ0) is 16.6. The number of nitrogens with one attached hydrogen (secondary N) is 1. The van der Waals surface area contributed by atoms with E-state index >= 15 is 0 Å². The van der Waals surface area contributed by atoms with Crippen molar-refractivity contribution >= 4 is 17.3 Å². The van der Waals surface area contributed by atoms with Gasteiger partial charge in [0.15, 0.2) is 0 Å². The van der Waals surface area contributed by atoms with Crippen LogP contribution >= 0.6 is 0 Å². The van der Waals surface area contributed by atoms with Crippen molar-refractivity contribution in [3.8, 4) is 5.75 Å². The van der Waals surface area contributed by atoms with E-state index in [4.69, 9.17) is 5.73 Å². The Morgan fingerprint density at radius 1 is 1.10 bits per heavy atom. The summed E-state index contributed by atoms with van der Waals surface area (Å²) in [6.07, 6.45) is -6.63. The zero-order valence-corrected chi connectivity index (χ0v) is 9.81. The number of phenols is 1. The maximum absolute atomic E-state index is 13.0. The molecule has 11 heteroatoms. The van der Waals surface area contributed by atoms with Crippen LogP contribution in [0.2, 0.25) is 0 Å². The second kappa shape index (κ2) is 4.97. The minimum atomic E-state index is -6.63. The van der Waals surface area contributed by atoms with Crippen molar-refractivity contribution in [3.05, 3.63) is 18.2 Å². The predicted octanol–water partition coefficient (Wildman–Crippen LogP) is 2.75. The quantitative estimate of drug-likeness (QED) is 0.455. The number of hydrogen-bond donors (Lipinski definition) is 3. The number of benzene rings is 1. The van der Waals surface area contributed by atoms with Crippen molar-refractivity contribution in [1.29, 1.82) is 0 Å². The van der Waals surface area contributed by atoms with Gasteiger partial charge in [-0.2, -0.15) is 30.7 Å². The first-order valence-corrected chi connectivity index (χ1v) is 5.03. The number of anilines is 2. The lowest BCUT2D eigenvalue weighted by molar-refractivity contribution is -0.343. The summed E-state index contributed by atoms with van der Waals surface area (Å²) in [4.78, 5) is 11.0. The van der Waals surface area contributed by atoms with Gasteiger partial charge in [0.05, 0.1) is 5.69 Å². The molecular weight excluding hydrogens is 313 g/mol. The average molecular weight is 320 g/mol. The number of alkyl halides is 7. The van der Waals surface area contributed by atoms with Crippen LogP contribution < -0.4 is 11.1 Å². The molecule has 0 saturated heterocycles. The molecule has 0 atom stereocenters. The number of nitrogen functional groups attached to an aromatic ring is 1. The van der Waals surface area contributed by atoms with Crippen LogP contribution in [0.5, 0.6) is 5.75 Å². The number of nitrogens with two attached hydrogens (primary N) is 1. The Bertz CT molecular complexity index is 557. The van der Waals surface area contributed by atoms with Crippen LogP contribution in [0.1, 0.15) is 0 Å².